The number of rotatable bonds is 5. The van der Waals surface area contributed by atoms with Gasteiger partial charge in [0.2, 0.25) is 0 Å². The van der Waals surface area contributed by atoms with E-state index in [0.717, 1.165) is 11.6 Å². The molecule has 0 heterocycles. The molecule has 0 aliphatic rings. The fraction of sp³-hybridized carbons (Fsp3) is 0.562. The molecular formula is C16H26N2OSi. The Bertz CT molecular complexity index is 486. The monoisotopic (exact) mass is 290 g/mol. The zero-order valence-electron chi connectivity index (χ0n) is 13.2. The van der Waals surface area contributed by atoms with E-state index in [0.29, 0.717) is 12.1 Å². The molecule has 0 bridgehead atoms. The van der Waals surface area contributed by atoms with Crippen molar-refractivity contribution in [3.8, 4) is 6.07 Å². The molecule has 0 amide bonds. The van der Waals surface area contributed by atoms with E-state index in [4.69, 9.17) is 15.4 Å². The van der Waals surface area contributed by atoms with Crippen molar-refractivity contribution >= 4 is 14.0 Å². The van der Waals surface area contributed by atoms with Crippen molar-refractivity contribution < 1.29 is 4.43 Å². The van der Waals surface area contributed by atoms with Gasteiger partial charge < -0.3 is 10.2 Å². The summed E-state index contributed by atoms with van der Waals surface area (Å²) in [6, 6.07) is 10.9. The minimum Gasteiger partial charge on any atom is -0.409 e. The third kappa shape index (κ3) is 5.77. The second kappa shape index (κ2) is 6.42. The molecule has 1 aromatic rings. The van der Waals surface area contributed by atoms with Crippen LogP contribution in [0.3, 0.4) is 0 Å². The van der Waals surface area contributed by atoms with E-state index < -0.39 is 8.32 Å². The predicted octanol–water partition coefficient (Wildman–Crippen LogP) is 4.49. The summed E-state index contributed by atoms with van der Waals surface area (Å²) in [5.41, 5.74) is 7.78. The summed E-state index contributed by atoms with van der Waals surface area (Å²) in [6.45, 7) is 11.1. The summed E-state index contributed by atoms with van der Waals surface area (Å²) in [6.07, 6.45) is 0.192. The Morgan fingerprint density at radius 2 is 2.00 bits per heavy atom. The number of hydrogen-bond donors (Lipinski definition) is 1. The van der Waals surface area contributed by atoms with Crippen LogP contribution in [0, 0.1) is 16.7 Å². The molecule has 0 saturated carbocycles. The van der Waals surface area contributed by atoms with Crippen LogP contribution in [0.5, 0.6) is 0 Å². The molecule has 0 saturated heterocycles. The first kappa shape index (κ1) is 16.7. The average molecular weight is 290 g/mol. The van der Waals surface area contributed by atoms with Gasteiger partial charge in [-0.15, -0.1) is 0 Å². The summed E-state index contributed by atoms with van der Waals surface area (Å²) in [4.78, 5) is 0. The first-order chi connectivity index (χ1) is 9.13. The molecule has 1 atom stereocenters. The van der Waals surface area contributed by atoms with E-state index in [1.807, 2.05) is 24.3 Å². The van der Waals surface area contributed by atoms with Crippen LogP contribution in [0.4, 0.5) is 5.69 Å². The minimum atomic E-state index is -1.83. The van der Waals surface area contributed by atoms with Crippen molar-refractivity contribution in [3.63, 3.8) is 0 Å². The number of nitrogens with two attached hydrogens (primary N) is 1. The van der Waals surface area contributed by atoms with Crippen LogP contribution in [-0.4, -0.2) is 8.32 Å². The minimum absolute atomic E-state index is 0.174. The lowest BCUT2D eigenvalue weighted by atomic mass is 10.0. The second-order valence-corrected chi connectivity index (χ2v) is 11.2. The highest BCUT2D eigenvalue weighted by Crippen LogP contribution is 2.33. The topological polar surface area (TPSA) is 59.0 Å². The van der Waals surface area contributed by atoms with Crippen LogP contribution in [0.25, 0.3) is 0 Å². The Kier molecular flexibility index (Phi) is 5.38. The Hall–Kier alpha value is -1.31. The fourth-order valence-corrected chi connectivity index (χ4v) is 6.40. The number of hydrogen-bond acceptors (Lipinski definition) is 3. The molecular weight excluding hydrogens is 264 g/mol. The lowest BCUT2D eigenvalue weighted by Gasteiger charge is -2.33. The van der Waals surface area contributed by atoms with Crippen LogP contribution in [0.2, 0.25) is 19.1 Å². The van der Waals surface area contributed by atoms with E-state index in [1.165, 1.54) is 0 Å². The molecule has 3 nitrogen and oxygen atoms in total. The number of nitrogens with zero attached hydrogens (tertiary/aromatic N) is 1. The molecule has 1 rings (SSSR count). The van der Waals surface area contributed by atoms with Crippen LogP contribution in [-0.2, 0) is 4.43 Å². The van der Waals surface area contributed by atoms with Gasteiger partial charge in [0.15, 0.2) is 8.32 Å². The molecule has 1 unspecified atom stereocenters. The smallest absolute Gasteiger partial charge is 0.188 e. The van der Waals surface area contributed by atoms with Gasteiger partial charge in [-0.25, -0.2) is 0 Å². The van der Waals surface area contributed by atoms with E-state index in [1.54, 1.807) is 0 Å². The summed E-state index contributed by atoms with van der Waals surface area (Å²) >= 11 is 0. The highest BCUT2D eigenvalue weighted by Gasteiger charge is 2.32. The zero-order chi connectivity index (χ0) is 15.4. The summed E-state index contributed by atoms with van der Waals surface area (Å²) < 4.78 is 6.36. The number of anilines is 1. The molecule has 4 heteroatoms. The second-order valence-electron chi connectivity index (χ2n) is 7.14. The molecule has 110 valence electrons. The Morgan fingerprint density at radius 3 is 2.50 bits per heavy atom. The Morgan fingerprint density at radius 1 is 1.35 bits per heavy atom. The average Bonchev–Trinajstić information content (AvgIpc) is 2.24. The van der Waals surface area contributed by atoms with Crippen LogP contribution < -0.4 is 5.73 Å². The quantitative estimate of drug-likeness (QED) is 0.642. The first-order valence-electron chi connectivity index (χ1n) is 7.03. The van der Waals surface area contributed by atoms with Gasteiger partial charge in [0.1, 0.15) is 0 Å². The van der Waals surface area contributed by atoms with Gasteiger partial charge in [-0.05, 0) is 42.2 Å². The zero-order valence-corrected chi connectivity index (χ0v) is 14.2. The van der Waals surface area contributed by atoms with Gasteiger partial charge in [-0.2, -0.15) is 5.26 Å². The fourth-order valence-electron chi connectivity index (χ4n) is 2.77. The van der Waals surface area contributed by atoms with E-state index in [-0.39, 0.29) is 11.5 Å². The number of nitriles is 1. The molecule has 0 spiro atoms. The largest absolute Gasteiger partial charge is 0.409 e. The SMILES string of the molecule is CC(C)(C)C[Si](C)(C)OC(CC#N)c1cccc(N)c1. The lowest BCUT2D eigenvalue weighted by molar-refractivity contribution is 0.193. The highest BCUT2D eigenvalue weighted by atomic mass is 28.4. The molecule has 2 N–H and O–H groups in total. The van der Waals surface area contributed by atoms with Crippen LogP contribution in [0.15, 0.2) is 24.3 Å². The maximum atomic E-state index is 9.05. The van der Waals surface area contributed by atoms with Gasteiger partial charge in [0.05, 0.1) is 18.6 Å². The van der Waals surface area contributed by atoms with Crippen molar-refractivity contribution in [3.05, 3.63) is 29.8 Å². The molecule has 0 aromatic heterocycles. The lowest BCUT2D eigenvalue weighted by Crippen LogP contribution is -2.36. The summed E-state index contributed by atoms with van der Waals surface area (Å²) in [5, 5.41) is 9.05. The predicted molar refractivity (Wildman–Crippen MR) is 86.7 cm³/mol. The van der Waals surface area contributed by atoms with Crippen LogP contribution in [0.1, 0.15) is 38.9 Å². The summed E-state index contributed by atoms with van der Waals surface area (Å²) in [5.74, 6) is 0. The maximum Gasteiger partial charge on any atom is 0.188 e. The Balaban J connectivity index is 2.90. The van der Waals surface area contributed by atoms with Gasteiger partial charge in [-0.3, -0.25) is 0 Å². The van der Waals surface area contributed by atoms with E-state index in [9.17, 15) is 0 Å². The van der Waals surface area contributed by atoms with Crippen molar-refractivity contribution in [2.75, 3.05) is 5.73 Å². The third-order valence-electron chi connectivity index (χ3n) is 2.98. The van der Waals surface area contributed by atoms with Crippen molar-refractivity contribution in [1.29, 1.82) is 5.26 Å². The number of nitrogen functional groups attached to an aromatic ring is 1. The molecule has 20 heavy (non-hydrogen) atoms. The normalized spacial score (nSPS) is 13.8. The number of benzene rings is 1. The van der Waals surface area contributed by atoms with E-state index >= 15 is 0 Å². The third-order valence-corrected chi connectivity index (χ3v) is 5.81. The van der Waals surface area contributed by atoms with Crippen molar-refractivity contribution in [2.45, 2.75) is 52.4 Å². The van der Waals surface area contributed by atoms with Crippen molar-refractivity contribution in [1.82, 2.24) is 0 Å². The standard InChI is InChI=1S/C16H26N2OSi/c1-16(2,3)12-20(4,5)19-15(9-10-17)13-7-6-8-14(18)11-13/h6-8,11,15H,9,12,18H2,1-5H3. The van der Waals surface area contributed by atoms with Crippen LogP contribution >= 0.6 is 0 Å². The van der Waals surface area contributed by atoms with Gasteiger partial charge in [-0.1, -0.05) is 32.9 Å². The van der Waals surface area contributed by atoms with Crippen molar-refractivity contribution in [2.24, 2.45) is 5.41 Å². The molecule has 0 aliphatic heterocycles. The molecule has 0 fully saturated rings. The van der Waals surface area contributed by atoms with Gasteiger partial charge in [0.25, 0.3) is 0 Å². The van der Waals surface area contributed by atoms with E-state index in [2.05, 4.69) is 39.9 Å². The molecule has 0 radical (unpaired) electrons. The Labute approximate surface area is 123 Å². The summed E-state index contributed by atoms with van der Waals surface area (Å²) in [7, 11) is -1.83. The van der Waals surface area contributed by atoms with Gasteiger partial charge in [0, 0.05) is 5.69 Å². The first-order valence-corrected chi connectivity index (χ1v) is 10.1. The maximum absolute atomic E-state index is 9.05. The van der Waals surface area contributed by atoms with Gasteiger partial charge >= 0.3 is 0 Å². The highest BCUT2D eigenvalue weighted by molar-refractivity contribution is 6.71. The molecule has 0 aliphatic carbocycles. The molecule has 1 aromatic carbocycles.